The standard InChI is InChI=1S/C18H15ClN4OS/c1-11-17(23-8-4-3-5-16(23)20-11)14-10-25-18(22-14)21-12-6-7-15(24-2)13(19)9-12/h3-10H,1-2H3,(H,21,22). The summed E-state index contributed by atoms with van der Waals surface area (Å²) < 4.78 is 7.23. The number of methoxy groups -OCH3 is 1. The zero-order chi connectivity index (χ0) is 17.4. The molecule has 0 saturated carbocycles. The van der Waals surface area contributed by atoms with Gasteiger partial charge < -0.3 is 10.1 Å². The Morgan fingerprint density at radius 2 is 2.08 bits per heavy atom. The lowest BCUT2D eigenvalue weighted by Crippen LogP contribution is -1.92. The normalized spacial score (nSPS) is 11.0. The summed E-state index contributed by atoms with van der Waals surface area (Å²) >= 11 is 7.71. The van der Waals surface area contributed by atoms with Gasteiger partial charge in [-0.05, 0) is 37.3 Å². The first-order valence-electron chi connectivity index (χ1n) is 7.66. The molecule has 0 atom stereocenters. The highest BCUT2D eigenvalue weighted by Crippen LogP contribution is 2.32. The predicted molar refractivity (Wildman–Crippen MR) is 102 cm³/mol. The number of thiazole rings is 1. The van der Waals surface area contributed by atoms with Crippen LogP contribution in [0.15, 0.2) is 48.0 Å². The smallest absolute Gasteiger partial charge is 0.187 e. The molecule has 7 heteroatoms. The van der Waals surface area contributed by atoms with Crippen molar-refractivity contribution in [3.05, 3.63) is 58.7 Å². The maximum absolute atomic E-state index is 6.17. The number of imidazole rings is 1. The highest BCUT2D eigenvalue weighted by Gasteiger charge is 2.14. The SMILES string of the molecule is COc1ccc(Nc2nc(-c3c(C)nc4ccccn34)cs2)cc1Cl. The van der Waals surface area contributed by atoms with Crippen LogP contribution in [0.25, 0.3) is 17.0 Å². The molecule has 0 radical (unpaired) electrons. The van der Waals surface area contributed by atoms with Crippen LogP contribution < -0.4 is 10.1 Å². The lowest BCUT2D eigenvalue weighted by atomic mass is 10.3. The molecule has 0 spiro atoms. The van der Waals surface area contributed by atoms with E-state index in [1.54, 1.807) is 7.11 Å². The Labute approximate surface area is 153 Å². The minimum absolute atomic E-state index is 0.557. The maximum atomic E-state index is 6.17. The number of anilines is 2. The fourth-order valence-corrected chi connectivity index (χ4v) is 3.70. The first kappa shape index (κ1) is 15.9. The van der Waals surface area contributed by atoms with Crippen molar-refractivity contribution in [1.29, 1.82) is 0 Å². The molecular formula is C18H15ClN4OS. The van der Waals surface area contributed by atoms with Gasteiger partial charge in [-0.15, -0.1) is 11.3 Å². The minimum Gasteiger partial charge on any atom is -0.495 e. The minimum atomic E-state index is 0.557. The molecule has 0 saturated heterocycles. The Bertz CT molecular complexity index is 1060. The van der Waals surface area contributed by atoms with Crippen molar-refractivity contribution >= 4 is 39.4 Å². The van der Waals surface area contributed by atoms with E-state index in [1.165, 1.54) is 11.3 Å². The second kappa shape index (κ2) is 6.38. The van der Waals surface area contributed by atoms with Crippen LogP contribution in [0.4, 0.5) is 10.8 Å². The molecular weight excluding hydrogens is 356 g/mol. The van der Waals surface area contributed by atoms with Crippen LogP contribution in [-0.4, -0.2) is 21.5 Å². The molecule has 0 bridgehead atoms. The van der Waals surface area contributed by atoms with Gasteiger partial charge in [0.2, 0.25) is 0 Å². The van der Waals surface area contributed by atoms with Gasteiger partial charge in [-0.1, -0.05) is 17.7 Å². The van der Waals surface area contributed by atoms with Gasteiger partial charge in [0.15, 0.2) is 5.13 Å². The molecule has 4 aromatic rings. The highest BCUT2D eigenvalue weighted by molar-refractivity contribution is 7.14. The topological polar surface area (TPSA) is 51.5 Å². The van der Waals surface area contributed by atoms with Crippen LogP contribution >= 0.6 is 22.9 Å². The van der Waals surface area contributed by atoms with Crippen LogP contribution in [0.2, 0.25) is 5.02 Å². The molecule has 1 aromatic carbocycles. The summed E-state index contributed by atoms with van der Waals surface area (Å²) in [5.74, 6) is 0.647. The predicted octanol–water partition coefficient (Wildman–Crippen LogP) is 5.17. The van der Waals surface area contributed by atoms with E-state index in [0.717, 1.165) is 33.5 Å². The fourth-order valence-electron chi connectivity index (χ4n) is 2.73. The second-order valence-electron chi connectivity index (χ2n) is 5.49. The van der Waals surface area contributed by atoms with Crippen LogP contribution in [-0.2, 0) is 0 Å². The first-order valence-corrected chi connectivity index (χ1v) is 8.91. The number of benzene rings is 1. The molecule has 3 heterocycles. The third-order valence-corrected chi connectivity index (χ3v) is 4.91. The van der Waals surface area contributed by atoms with Gasteiger partial charge in [-0.2, -0.15) is 0 Å². The fraction of sp³-hybridized carbons (Fsp3) is 0.111. The average Bonchev–Trinajstić information content (AvgIpc) is 3.18. The Balaban J connectivity index is 1.66. The summed E-state index contributed by atoms with van der Waals surface area (Å²) in [5, 5.41) is 6.66. The van der Waals surface area contributed by atoms with Gasteiger partial charge in [0.05, 0.1) is 23.5 Å². The number of nitrogens with zero attached hydrogens (tertiary/aromatic N) is 3. The number of ether oxygens (including phenoxy) is 1. The largest absolute Gasteiger partial charge is 0.495 e. The molecule has 0 amide bonds. The number of fused-ring (bicyclic) bond motifs is 1. The van der Waals surface area contributed by atoms with E-state index in [1.807, 2.05) is 54.9 Å². The molecule has 1 N–H and O–H groups in total. The first-order chi connectivity index (χ1) is 12.2. The van der Waals surface area contributed by atoms with Gasteiger partial charge in [-0.25, -0.2) is 9.97 Å². The third kappa shape index (κ3) is 2.94. The number of aryl methyl sites for hydroxylation is 1. The van der Waals surface area contributed by atoms with Gasteiger partial charge in [-0.3, -0.25) is 4.40 Å². The van der Waals surface area contributed by atoms with Crippen LogP contribution in [0, 0.1) is 6.92 Å². The lowest BCUT2D eigenvalue weighted by molar-refractivity contribution is 0.415. The Morgan fingerprint density at radius 3 is 2.88 bits per heavy atom. The summed E-state index contributed by atoms with van der Waals surface area (Å²) in [7, 11) is 1.60. The number of hydrogen-bond donors (Lipinski definition) is 1. The molecule has 25 heavy (non-hydrogen) atoms. The molecule has 5 nitrogen and oxygen atoms in total. The monoisotopic (exact) mass is 370 g/mol. The van der Waals surface area contributed by atoms with E-state index >= 15 is 0 Å². The molecule has 0 aliphatic carbocycles. The van der Waals surface area contributed by atoms with Crippen LogP contribution in [0.5, 0.6) is 5.75 Å². The average molecular weight is 371 g/mol. The quantitative estimate of drug-likeness (QED) is 0.538. The molecule has 4 rings (SSSR count). The number of rotatable bonds is 4. The van der Waals surface area contributed by atoms with Crippen molar-refractivity contribution in [2.24, 2.45) is 0 Å². The Morgan fingerprint density at radius 1 is 1.20 bits per heavy atom. The third-order valence-electron chi connectivity index (χ3n) is 3.85. The number of hydrogen-bond acceptors (Lipinski definition) is 5. The molecule has 126 valence electrons. The van der Waals surface area contributed by atoms with Gasteiger partial charge >= 0.3 is 0 Å². The molecule has 0 aliphatic rings. The molecule has 0 aliphatic heterocycles. The highest BCUT2D eigenvalue weighted by atomic mass is 35.5. The van der Waals surface area contributed by atoms with Crippen molar-refractivity contribution in [3.63, 3.8) is 0 Å². The summed E-state index contributed by atoms with van der Waals surface area (Å²) in [6.45, 7) is 2.00. The van der Waals surface area contributed by atoms with Crippen molar-refractivity contribution in [2.45, 2.75) is 6.92 Å². The van der Waals surface area contributed by atoms with Crippen LogP contribution in [0.3, 0.4) is 0 Å². The van der Waals surface area contributed by atoms with Crippen molar-refractivity contribution < 1.29 is 4.74 Å². The molecule has 0 unspecified atom stereocenters. The molecule has 3 aromatic heterocycles. The number of aromatic nitrogens is 3. The zero-order valence-corrected chi connectivity index (χ0v) is 15.2. The summed E-state index contributed by atoms with van der Waals surface area (Å²) in [5.41, 5.74) is 4.63. The maximum Gasteiger partial charge on any atom is 0.187 e. The van der Waals surface area contributed by atoms with E-state index in [9.17, 15) is 0 Å². The lowest BCUT2D eigenvalue weighted by Gasteiger charge is -2.06. The van der Waals surface area contributed by atoms with Crippen molar-refractivity contribution in [3.8, 4) is 17.1 Å². The van der Waals surface area contributed by atoms with E-state index in [4.69, 9.17) is 21.3 Å². The zero-order valence-electron chi connectivity index (χ0n) is 13.7. The van der Waals surface area contributed by atoms with Gasteiger partial charge in [0, 0.05) is 17.3 Å². The molecule has 0 fully saturated rings. The van der Waals surface area contributed by atoms with Gasteiger partial charge in [0.25, 0.3) is 0 Å². The number of halogens is 1. The van der Waals surface area contributed by atoms with Crippen LogP contribution in [0.1, 0.15) is 5.69 Å². The number of nitrogens with one attached hydrogen (secondary N) is 1. The van der Waals surface area contributed by atoms with Gasteiger partial charge in [0.1, 0.15) is 17.1 Å². The summed E-state index contributed by atoms with van der Waals surface area (Å²) in [4.78, 5) is 9.29. The van der Waals surface area contributed by atoms with E-state index in [2.05, 4.69) is 14.7 Å². The van der Waals surface area contributed by atoms with E-state index in [-0.39, 0.29) is 0 Å². The van der Waals surface area contributed by atoms with E-state index < -0.39 is 0 Å². The number of pyridine rings is 1. The van der Waals surface area contributed by atoms with Crippen molar-refractivity contribution in [1.82, 2.24) is 14.4 Å². The second-order valence-corrected chi connectivity index (χ2v) is 6.75. The summed E-state index contributed by atoms with van der Waals surface area (Å²) in [6, 6.07) is 11.5. The van der Waals surface area contributed by atoms with Crippen molar-refractivity contribution in [2.75, 3.05) is 12.4 Å². The Hall–Kier alpha value is -2.57. The van der Waals surface area contributed by atoms with E-state index in [0.29, 0.717) is 10.8 Å². The Kier molecular flexibility index (Phi) is 4.07. The summed E-state index contributed by atoms with van der Waals surface area (Å²) in [6.07, 6.45) is 2.00.